The number of H-pyrrole nitrogens is 1. The number of nitrogens with one attached hydrogen (secondary N) is 2. The molecule has 1 aliphatic heterocycles. The molecule has 3 aromatic heterocycles. The van der Waals surface area contributed by atoms with Gasteiger partial charge in [-0.2, -0.15) is 5.26 Å². The van der Waals surface area contributed by atoms with E-state index in [0.717, 1.165) is 65.6 Å². The SMILES string of the molecule is Cc1c(Nc2c(C#N)cncc2-c2cc3cc(CN4CCN(C)CC4)ccc3s2)ccc2[nH]ccc12. The molecule has 5 aromatic rings. The summed E-state index contributed by atoms with van der Waals surface area (Å²) in [5.74, 6) is 0. The number of thiophene rings is 1. The van der Waals surface area contributed by atoms with E-state index >= 15 is 0 Å². The van der Waals surface area contributed by atoms with Gasteiger partial charge in [0.1, 0.15) is 6.07 Å². The molecule has 0 unspecified atom stereocenters. The van der Waals surface area contributed by atoms with Crippen molar-refractivity contribution in [2.75, 3.05) is 38.5 Å². The topological polar surface area (TPSA) is 71.0 Å². The van der Waals surface area contributed by atoms with Crippen molar-refractivity contribution in [2.24, 2.45) is 0 Å². The summed E-state index contributed by atoms with van der Waals surface area (Å²) in [6.45, 7) is 7.55. The molecule has 6 rings (SSSR count). The normalized spacial score (nSPS) is 14.9. The predicted molar refractivity (Wildman–Crippen MR) is 149 cm³/mol. The number of fused-ring (bicyclic) bond motifs is 2. The van der Waals surface area contributed by atoms with E-state index < -0.39 is 0 Å². The van der Waals surface area contributed by atoms with Crippen molar-refractivity contribution >= 4 is 43.7 Å². The first kappa shape index (κ1) is 22.7. The summed E-state index contributed by atoms with van der Waals surface area (Å²) in [7, 11) is 2.19. The molecule has 0 aliphatic carbocycles. The Morgan fingerprint density at radius 2 is 1.94 bits per heavy atom. The molecule has 1 fully saturated rings. The number of hydrogen-bond donors (Lipinski definition) is 2. The second-order valence-electron chi connectivity index (χ2n) is 9.59. The van der Waals surface area contributed by atoms with Crippen molar-refractivity contribution in [3.05, 3.63) is 77.7 Å². The van der Waals surface area contributed by atoms with Crippen molar-refractivity contribution in [3.63, 3.8) is 0 Å². The van der Waals surface area contributed by atoms with Crippen LogP contribution < -0.4 is 5.32 Å². The van der Waals surface area contributed by atoms with Gasteiger partial charge in [-0.15, -0.1) is 11.3 Å². The number of rotatable bonds is 5. The van der Waals surface area contributed by atoms with Crippen LogP contribution in [-0.2, 0) is 6.54 Å². The van der Waals surface area contributed by atoms with E-state index in [1.165, 1.54) is 21.0 Å². The van der Waals surface area contributed by atoms with Crippen LogP contribution in [0.15, 0.2) is 61.1 Å². The molecule has 6 nitrogen and oxygen atoms in total. The fourth-order valence-corrected chi connectivity index (χ4v) is 6.07. The molecule has 0 saturated carbocycles. The number of benzene rings is 2. The van der Waals surface area contributed by atoms with Crippen LogP contribution in [0.4, 0.5) is 11.4 Å². The number of aromatic nitrogens is 2. The largest absolute Gasteiger partial charge is 0.361 e. The lowest BCUT2D eigenvalue weighted by molar-refractivity contribution is 0.148. The number of hydrogen-bond acceptors (Lipinski definition) is 6. The van der Waals surface area contributed by atoms with Crippen LogP contribution >= 0.6 is 11.3 Å². The molecule has 7 heteroatoms. The first-order valence-electron chi connectivity index (χ1n) is 12.2. The Balaban J connectivity index is 1.35. The van der Waals surface area contributed by atoms with Crippen molar-refractivity contribution < 1.29 is 0 Å². The number of nitriles is 1. The maximum absolute atomic E-state index is 9.88. The third-order valence-electron chi connectivity index (χ3n) is 7.18. The molecule has 0 radical (unpaired) electrons. The quantitative estimate of drug-likeness (QED) is 0.309. The maximum Gasteiger partial charge on any atom is 0.103 e. The fourth-order valence-electron chi connectivity index (χ4n) is 5.01. The van der Waals surface area contributed by atoms with Crippen molar-refractivity contribution in [1.82, 2.24) is 19.8 Å². The van der Waals surface area contributed by atoms with E-state index in [2.05, 4.69) is 87.6 Å². The van der Waals surface area contributed by atoms with Gasteiger partial charge in [-0.25, -0.2) is 0 Å². The molecule has 0 bridgehead atoms. The first-order valence-corrected chi connectivity index (χ1v) is 13.1. The molecule has 180 valence electrons. The smallest absolute Gasteiger partial charge is 0.103 e. The summed E-state index contributed by atoms with van der Waals surface area (Å²) in [6.07, 6.45) is 5.45. The van der Waals surface area contributed by atoms with Gasteiger partial charge in [-0.3, -0.25) is 9.88 Å². The number of likely N-dealkylation sites (N-methyl/N-ethyl adjacent to an activating group) is 1. The van der Waals surface area contributed by atoms with Crippen LogP contribution in [0.1, 0.15) is 16.7 Å². The van der Waals surface area contributed by atoms with Gasteiger partial charge in [-0.1, -0.05) is 6.07 Å². The van der Waals surface area contributed by atoms with Gasteiger partial charge in [0.05, 0.1) is 11.3 Å². The zero-order valence-electron chi connectivity index (χ0n) is 20.5. The Morgan fingerprint density at radius 1 is 1.08 bits per heavy atom. The van der Waals surface area contributed by atoms with Gasteiger partial charge < -0.3 is 15.2 Å². The van der Waals surface area contributed by atoms with Crippen LogP contribution in [0.25, 0.3) is 31.4 Å². The maximum atomic E-state index is 9.88. The van der Waals surface area contributed by atoms with Crippen LogP contribution in [0, 0.1) is 18.3 Å². The van der Waals surface area contributed by atoms with Crippen LogP contribution in [-0.4, -0.2) is 53.0 Å². The predicted octanol–water partition coefficient (Wildman–Crippen LogP) is 6.12. The summed E-state index contributed by atoms with van der Waals surface area (Å²) in [6, 6.07) is 17.6. The summed E-state index contributed by atoms with van der Waals surface area (Å²) in [5, 5.41) is 15.9. The Morgan fingerprint density at radius 3 is 2.78 bits per heavy atom. The minimum atomic E-state index is 0.536. The molecule has 0 spiro atoms. The zero-order chi connectivity index (χ0) is 24.6. The average molecular weight is 493 g/mol. The molecule has 36 heavy (non-hydrogen) atoms. The fraction of sp³-hybridized carbons (Fsp3) is 0.241. The highest BCUT2D eigenvalue weighted by Gasteiger charge is 2.17. The minimum absolute atomic E-state index is 0.536. The lowest BCUT2D eigenvalue weighted by Gasteiger charge is -2.32. The van der Waals surface area contributed by atoms with E-state index in [-0.39, 0.29) is 0 Å². The minimum Gasteiger partial charge on any atom is -0.361 e. The average Bonchev–Trinajstić information content (AvgIpc) is 3.54. The molecular weight excluding hydrogens is 464 g/mol. The first-order chi connectivity index (χ1) is 17.6. The summed E-state index contributed by atoms with van der Waals surface area (Å²) in [4.78, 5) is 13.7. The van der Waals surface area contributed by atoms with E-state index in [1.807, 2.05) is 12.4 Å². The van der Waals surface area contributed by atoms with Crippen LogP contribution in [0.5, 0.6) is 0 Å². The van der Waals surface area contributed by atoms with Crippen molar-refractivity contribution in [3.8, 4) is 16.5 Å². The van der Waals surface area contributed by atoms with Gasteiger partial charge in [0.15, 0.2) is 0 Å². The highest BCUT2D eigenvalue weighted by atomic mass is 32.1. The Hall–Kier alpha value is -3.70. The van der Waals surface area contributed by atoms with Crippen molar-refractivity contribution in [1.29, 1.82) is 5.26 Å². The van der Waals surface area contributed by atoms with Gasteiger partial charge in [-0.05, 0) is 66.9 Å². The lowest BCUT2D eigenvalue weighted by atomic mass is 10.1. The van der Waals surface area contributed by atoms with E-state index in [0.29, 0.717) is 5.56 Å². The second kappa shape index (κ2) is 9.40. The standard InChI is InChI=1S/C29H28N6S/c1-19-23-7-8-32-26(23)5-4-25(19)33-29-22(15-30)16-31-17-24(29)28-14-21-13-20(3-6-27(21)36-28)18-35-11-9-34(2)10-12-35/h3-8,13-14,16-17,32H,9-12,18H2,1-2H3,(H,31,33). The van der Waals surface area contributed by atoms with Crippen molar-refractivity contribution in [2.45, 2.75) is 13.5 Å². The number of nitrogens with zero attached hydrogens (tertiary/aromatic N) is 4. The van der Waals surface area contributed by atoms with Gasteiger partial charge >= 0.3 is 0 Å². The molecular formula is C29H28N6S. The summed E-state index contributed by atoms with van der Waals surface area (Å²) >= 11 is 1.74. The zero-order valence-corrected chi connectivity index (χ0v) is 21.3. The molecule has 2 aromatic carbocycles. The van der Waals surface area contributed by atoms with Crippen LogP contribution in [0.3, 0.4) is 0 Å². The second-order valence-corrected chi connectivity index (χ2v) is 10.7. The third-order valence-corrected chi connectivity index (χ3v) is 8.33. The Bertz CT molecular complexity index is 1600. The number of piperazine rings is 1. The summed E-state index contributed by atoms with van der Waals surface area (Å²) < 4.78 is 1.24. The number of anilines is 2. The Labute approximate surface area is 214 Å². The highest BCUT2D eigenvalue weighted by Crippen LogP contribution is 2.40. The van der Waals surface area contributed by atoms with Gasteiger partial charge in [0.25, 0.3) is 0 Å². The van der Waals surface area contributed by atoms with E-state index in [9.17, 15) is 5.26 Å². The van der Waals surface area contributed by atoms with Gasteiger partial charge in [0.2, 0.25) is 0 Å². The van der Waals surface area contributed by atoms with E-state index in [4.69, 9.17) is 0 Å². The number of pyridine rings is 1. The third kappa shape index (κ3) is 4.24. The number of aromatic amines is 1. The lowest BCUT2D eigenvalue weighted by Crippen LogP contribution is -2.43. The molecule has 1 saturated heterocycles. The number of aryl methyl sites for hydroxylation is 1. The summed E-state index contributed by atoms with van der Waals surface area (Å²) in [5.41, 5.74) is 6.86. The molecule has 2 N–H and O–H groups in total. The van der Waals surface area contributed by atoms with Gasteiger partial charge in [0, 0.05) is 83.0 Å². The highest BCUT2D eigenvalue weighted by molar-refractivity contribution is 7.22. The molecule has 0 amide bonds. The Kier molecular flexibility index (Phi) is 5.94. The molecule has 4 heterocycles. The molecule has 1 aliphatic rings. The van der Waals surface area contributed by atoms with Crippen LogP contribution in [0.2, 0.25) is 0 Å². The van der Waals surface area contributed by atoms with E-state index in [1.54, 1.807) is 17.5 Å². The monoisotopic (exact) mass is 492 g/mol. The molecule has 0 atom stereocenters.